The molecule has 0 aromatic carbocycles. The summed E-state index contributed by atoms with van der Waals surface area (Å²) in [6, 6.07) is 0. The molecular weight excluding hydrogens is 254 g/mol. The van der Waals surface area contributed by atoms with Gasteiger partial charge in [-0.05, 0) is 6.42 Å². The number of rotatable bonds is 8. The number of aliphatic hydroxyl groups excluding tert-OH is 1. The summed E-state index contributed by atoms with van der Waals surface area (Å²) < 4.78 is -0.750. The summed E-state index contributed by atoms with van der Waals surface area (Å²) in [6.07, 6.45) is 10.4. The van der Waals surface area contributed by atoms with Crippen molar-refractivity contribution in [1.82, 2.24) is 0 Å². The summed E-state index contributed by atoms with van der Waals surface area (Å²) in [4.78, 5) is 0. The molecule has 0 aliphatic heterocycles. The van der Waals surface area contributed by atoms with Crippen LogP contribution in [0.3, 0.4) is 0 Å². The number of hydrogen-bond donors (Lipinski definition) is 1. The minimum absolute atomic E-state index is 0.370. The average molecular weight is 278 g/mol. The average Bonchev–Trinajstić information content (AvgIpc) is 2.16. The van der Waals surface area contributed by atoms with Crippen LogP contribution in [0, 0.1) is 0 Å². The summed E-state index contributed by atoms with van der Waals surface area (Å²) >= 11 is 14.4. The van der Waals surface area contributed by atoms with E-state index in [4.69, 9.17) is 39.9 Å². The Kier molecular flexibility index (Phi) is 20.9. The Morgan fingerprint density at radius 2 is 1.13 bits per heavy atom. The van der Waals surface area contributed by atoms with Crippen molar-refractivity contribution in [1.29, 1.82) is 0 Å². The van der Waals surface area contributed by atoms with E-state index in [-0.39, 0.29) is 0 Å². The summed E-state index contributed by atoms with van der Waals surface area (Å²) in [5.74, 6) is 0. The molecule has 0 fully saturated rings. The van der Waals surface area contributed by atoms with Crippen molar-refractivity contribution in [2.45, 2.75) is 62.6 Å². The van der Waals surface area contributed by atoms with Crippen molar-refractivity contribution in [2.24, 2.45) is 0 Å². The Morgan fingerprint density at radius 3 is 1.47 bits per heavy atom. The lowest BCUT2D eigenvalue weighted by atomic mass is 10.1. The van der Waals surface area contributed by atoms with Crippen LogP contribution < -0.4 is 0 Å². The Balaban J connectivity index is 0. The zero-order valence-corrected chi connectivity index (χ0v) is 11.8. The van der Waals surface area contributed by atoms with Gasteiger partial charge >= 0.3 is 0 Å². The topological polar surface area (TPSA) is 20.2 Å². The lowest BCUT2D eigenvalue weighted by Crippen LogP contribution is -1.83. The first kappa shape index (κ1) is 18.2. The molecule has 0 aromatic heterocycles. The lowest BCUT2D eigenvalue weighted by molar-refractivity contribution is 0.282. The summed E-state index contributed by atoms with van der Waals surface area (Å²) in [5, 5.41) is 8.51. The third-order valence-corrected chi connectivity index (χ3v) is 2.01. The van der Waals surface area contributed by atoms with Gasteiger partial charge in [0.1, 0.15) is 0 Å². The highest BCUT2D eigenvalue weighted by atomic mass is 35.6. The predicted octanol–water partition coefficient (Wildman–Crippen LogP) is 5.11. The number of hydrogen-bond acceptors (Lipinski definition) is 1. The van der Waals surface area contributed by atoms with Crippen molar-refractivity contribution in [2.75, 3.05) is 6.61 Å². The van der Waals surface area contributed by atoms with Crippen LogP contribution in [0.1, 0.15) is 58.3 Å². The van der Waals surface area contributed by atoms with E-state index in [0.29, 0.717) is 6.61 Å². The maximum Gasteiger partial charge on any atom is 0.180 e. The van der Waals surface area contributed by atoms with Crippen molar-refractivity contribution in [3.63, 3.8) is 0 Å². The van der Waals surface area contributed by atoms with Crippen LogP contribution in [0.4, 0.5) is 0 Å². The van der Waals surface area contributed by atoms with E-state index >= 15 is 0 Å². The van der Waals surface area contributed by atoms with E-state index in [1.165, 1.54) is 44.9 Å². The molecule has 4 heteroatoms. The van der Waals surface area contributed by atoms with Crippen molar-refractivity contribution in [3.05, 3.63) is 0 Å². The molecule has 0 heterocycles. The first-order chi connectivity index (χ1) is 7.15. The minimum atomic E-state index is -0.750. The Hall–Kier alpha value is 0.830. The highest BCUT2D eigenvalue weighted by Gasteiger charge is 1.89. The summed E-state index contributed by atoms with van der Waals surface area (Å²) in [6.45, 7) is 2.61. The number of unbranched alkanes of at least 4 members (excludes halogenated alkanes) is 7. The molecule has 0 unspecified atom stereocenters. The largest absolute Gasteiger partial charge is 0.396 e. The fourth-order valence-electron chi connectivity index (χ4n) is 1.25. The minimum Gasteiger partial charge on any atom is -0.396 e. The van der Waals surface area contributed by atoms with Crippen LogP contribution >= 0.6 is 34.8 Å². The van der Waals surface area contributed by atoms with Gasteiger partial charge < -0.3 is 5.11 Å². The third-order valence-electron chi connectivity index (χ3n) is 2.01. The highest BCUT2D eigenvalue weighted by Crippen LogP contribution is 2.07. The fraction of sp³-hybridized carbons (Fsp3) is 1.00. The van der Waals surface area contributed by atoms with Crippen LogP contribution in [-0.2, 0) is 0 Å². The quantitative estimate of drug-likeness (QED) is 0.483. The highest BCUT2D eigenvalue weighted by molar-refractivity contribution is 6.63. The third kappa shape index (κ3) is 31.3. The van der Waals surface area contributed by atoms with Gasteiger partial charge in [-0.15, -0.1) is 0 Å². The van der Waals surface area contributed by atoms with Gasteiger partial charge in [-0.2, -0.15) is 0 Å². The second-order valence-corrected chi connectivity index (χ2v) is 5.43. The molecule has 1 nitrogen and oxygen atoms in total. The Morgan fingerprint density at radius 1 is 0.800 bits per heavy atom. The van der Waals surface area contributed by atoms with E-state index in [0.717, 1.165) is 6.42 Å². The van der Waals surface area contributed by atoms with Gasteiger partial charge in [0.25, 0.3) is 0 Å². The van der Waals surface area contributed by atoms with Gasteiger partial charge in [0.2, 0.25) is 0 Å². The van der Waals surface area contributed by atoms with Crippen LogP contribution in [0.5, 0.6) is 0 Å². The van der Waals surface area contributed by atoms with Crippen LogP contribution in [0.25, 0.3) is 0 Å². The summed E-state index contributed by atoms with van der Waals surface area (Å²) in [5.41, 5.74) is 0. The van der Waals surface area contributed by atoms with E-state index in [1.54, 1.807) is 0 Å². The van der Waals surface area contributed by atoms with Crippen LogP contribution in [-0.4, -0.2) is 16.0 Å². The number of alkyl halides is 3. The monoisotopic (exact) mass is 276 g/mol. The van der Waals surface area contributed by atoms with Crippen molar-refractivity contribution >= 4 is 34.8 Å². The maximum atomic E-state index is 8.51. The Labute approximate surface area is 109 Å². The summed E-state index contributed by atoms with van der Waals surface area (Å²) in [7, 11) is 0. The molecule has 0 aromatic rings. The molecule has 0 atom stereocenters. The zero-order chi connectivity index (χ0) is 11.9. The molecule has 0 amide bonds. The van der Waals surface area contributed by atoms with Crippen molar-refractivity contribution in [3.8, 4) is 0 Å². The predicted molar refractivity (Wildman–Crippen MR) is 71.0 cm³/mol. The van der Waals surface area contributed by atoms with Crippen LogP contribution in [0.2, 0.25) is 0 Å². The molecule has 0 saturated carbocycles. The molecule has 0 aliphatic rings. The molecule has 0 aliphatic carbocycles. The first-order valence-electron chi connectivity index (χ1n) is 5.68. The normalized spacial score (nSPS) is 10.0. The first-order valence-corrected chi connectivity index (χ1v) is 6.99. The van der Waals surface area contributed by atoms with Gasteiger partial charge in [0.15, 0.2) is 4.30 Å². The molecule has 0 bridgehead atoms. The maximum absolute atomic E-state index is 8.51. The van der Waals surface area contributed by atoms with Crippen LogP contribution in [0.15, 0.2) is 0 Å². The SMILES string of the molecule is CCCCCCCCCCO.ClC(Cl)Cl. The smallest absolute Gasteiger partial charge is 0.180 e. The van der Waals surface area contributed by atoms with Gasteiger partial charge in [0, 0.05) is 6.61 Å². The van der Waals surface area contributed by atoms with Gasteiger partial charge in [-0.1, -0.05) is 86.7 Å². The molecular formula is C11H23Cl3O. The fourth-order valence-corrected chi connectivity index (χ4v) is 1.25. The number of halogens is 3. The Bertz CT molecular complexity index is 89.1. The molecule has 15 heavy (non-hydrogen) atoms. The molecule has 0 saturated heterocycles. The molecule has 0 rings (SSSR count). The second kappa shape index (κ2) is 17.2. The van der Waals surface area contributed by atoms with Gasteiger partial charge in [-0.3, -0.25) is 0 Å². The van der Waals surface area contributed by atoms with E-state index in [1.807, 2.05) is 0 Å². The van der Waals surface area contributed by atoms with E-state index in [2.05, 4.69) is 6.92 Å². The second-order valence-electron chi connectivity index (χ2n) is 3.45. The number of aliphatic hydroxyl groups is 1. The van der Waals surface area contributed by atoms with E-state index < -0.39 is 4.30 Å². The standard InChI is InChI=1S/C10H22O.CHCl3/c1-2-3-4-5-6-7-8-9-10-11;2-1(3)4/h11H,2-10H2,1H3;1H. The van der Waals surface area contributed by atoms with Gasteiger partial charge in [-0.25, -0.2) is 0 Å². The van der Waals surface area contributed by atoms with Crippen molar-refractivity contribution < 1.29 is 5.11 Å². The zero-order valence-electron chi connectivity index (χ0n) is 9.52. The molecule has 94 valence electrons. The van der Waals surface area contributed by atoms with E-state index in [9.17, 15) is 0 Å². The molecule has 0 spiro atoms. The molecule has 1 N–H and O–H groups in total. The lowest BCUT2D eigenvalue weighted by Gasteiger charge is -1.98. The van der Waals surface area contributed by atoms with Gasteiger partial charge in [0.05, 0.1) is 0 Å². The molecule has 0 radical (unpaired) electrons.